The Kier molecular flexibility index (Phi) is 4.14. The second kappa shape index (κ2) is 5.68. The van der Waals surface area contributed by atoms with E-state index in [4.69, 9.17) is 10.7 Å². The summed E-state index contributed by atoms with van der Waals surface area (Å²) < 4.78 is 0. The number of nitrogens with two attached hydrogens (primary N) is 1. The molecular weight excluding hydrogens is 310 g/mol. The van der Waals surface area contributed by atoms with Crippen molar-refractivity contribution in [3.63, 3.8) is 0 Å². The Hall–Kier alpha value is -0.810. The molecule has 2 aromatic rings. The zero-order valence-electron chi connectivity index (χ0n) is 14.1. The first kappa shape index (κ1) is 16.1. The normalized spacial score (nSPS) is 22.0. The average Bonchev–Trinajstić information content (AvgIpc) is 2.61. The van der Waals surface area contributed by atoms with E-state index >= 15 is 0 Å². The number of thiophene rings is 1. The average molecular weight is 336 g/mol. The second-order valence-corrected chi connectivity index (χ2v) is 9.76. The van der Waals surface area contributed by atoms with Crippen molar-refractivity contribution in [2.45, 2.75) is 52.6 Å². The van der Waals surface area contributed by atoms with Crippen LogP contribution in [0.5, 0.6) is 0 Å². The van der Waals surface area contributed by atoms with Gasteiger partial charge in [0.15, 0.2) is 5.16 Å². The molecule has 2 N–H and O–H groups in total. The van der Waals surface area contributed by atoms with Crippen molar-refractivity contribution < 1.29 is 0 Å². The Labute approximate surface area is 141 Å². The molecule has 3 nitrogen and oxygen atoms in total. The van der Waals surface area contributed by atoms with E-state index in [9.17, 15) is 0 Å². The van der Waals surface area contributed by atoms with Crippen molar-refractivity contribution in [1.82, 2.24) is 9.97 Å². The van der Waals surface area contributed by atoms with Gasteiger partial charge < -0.3 is 5.73 Å². The van der Waals surface area contributed by atoms with Gasteiger partial charge in [-0.3, -0.25) is 0 Å². The fraction of sp³-hybridized carbons (Fsp3) is 0.647. The summed E-state index contributed by atoms with van der Waals surface area (Å²) in [5.41, 5.74) is 7.82. The number of rotatable bonds is 3. The molecule has 2 aromatic heterocycles. The van der Waals surface area contributed by atoms with Crippen molar-refractivity contribution in [2.24, 2.45) is 17.3 Å². The molecule has 2 heterocycles. The molecule has 3 rings (SSSR count). The molecule has 120 valence electrons. The van der Waals surface area contributed by atoms with Gasteiger partial charge in [-0.25, -0.2) is 9.97 Å². The molecule has 1 fully saturated rings. The first-order valence-corrected chi connectivity index (χ1v) is 9.72. The van der Waals surface area contributed by atoms with E-state index in [1.807, 2.05) is 0 Å². The zero-order chi connectivity index (χ0) is 16.1. The molecule has 1 saturated carbocycles. The van der Waals surface area contributed by atoms with Crippen LogP contribution < -0.4 is 5.73 Å². The third kappa shape index (κ3) is 2.98. The summed E-state index contributed by atoms with van der Waals surface area (Å²) >= 11 is 3.49. The highest BCUT2D eigenvalue weighted by Crippen LogP contribution is 2.46. The molecular formula is C17H25N3S2. The molecule has 1 aliphatic carbocycles. The number of thioether (sulfide) groups is 1. The van der Waals surface area contributed by atoms with Gasteiger partial charge in [0.25, 0.3) is 0 Å². The minimum absolute atomic E-state index is 0.451. The SMILES string of the molecule is Cc1sc2nc(SCC3CC(C(C)(C)C)C3)nc(N)c2c1C. The molecule has 22 heavy (non-hydrogen) atoms. The third-order valence-electron chi connectivity index (χ3n) is 4.94. The molecule has 0 amide bonds. The van der Waals surface area contributed by atoms with Crippen molar-refractivity contribution in [3.05, 3.63) is 10.4 Å². The molecule has 0 aromatic carbocycles. The Balaban J connectivity index is 1.66. The van der Waals surface area contributed by atoms with Crippen molar-refractivity contribution >= 4 is 39.1 Å². The van der Waals surface area contributed by atoms with E-state index in [1.165, 1.54) is 23.3 Å². The molecule has 0 atom stereocenters. The standard InChI is InChI=1S/C17H25N3S2/c1-9-10(2)22-15-13(9)14(18)19-16(20-15)21-8-11-6-12(7-11)17(3,4)5/h11-12H,6-8H2,1-5H3,(H2,18,19,20). The highest BCUT2D eigenvalue weighted by molar-refractivity contribution is 7.99. The molecule has 0 bridgehead atoms. The predicted molar refractivity (Wildman–Crippen MR) is 97.7 cm³/mol. The lowest BCUT2D eigenvalue weighted by Crippen LogP contribution is -2.35. The highest BCUT2D eigenvalue weighted by Gasteiger charge is 2.36. The molecule has 0 unspecified atom stereocenters. The molecule has 0 radical (unpaired) electrons. The van der Waals surface area contributed by atoms with Crippen LogP contribution in [0.2, 0.25) is 0 Å². The summed E-state index contributed by atoms with van der Waals surface area (Å²) in [4.78, 5) is 11.5. The van der Waals surface area contributed by atoms with Gasteiger partial charge >= 0.3 is 0 Å². The summed E-state index contributed by atoms with van der Waals surface area (Å²) in [6, 6.07) is 0. The summed E-state index contributed by atoms with van der Waals surface area (Å²) in [6.45, 7) is 11.3. The lowest BCUT2D eigenvalue weighted by atomic mass is 9.64. The maximum absolute atomic E-state index is 6.15. The summed E-state index contributed by atoms with van der Waals surface area (Å²) in [6.07, 6.45) is 2.68. The molecule has 0 aliphatic heterocycles. The van der Waals surface area contributed by atoms with E-state index in [0.29, 0.717) is 11.2 Å². The summed E-state index contributed by atoms with van der Waals surface area (Å²) in [5, 5.41) is 1.88. The Morgan fingerprint density at radius 3 is 2.55 bits per heavy atom. The molecule has 1 aliphatic rings. The summed E-state index contributed by atoms with van der Waals surface area (Å²) in [5.74, 6) is 3.42. The maximum atomic E-state index is 6.15. The number of fused-ring (bicyclic) bond motifs is 1. The van der Waals surface area contributed by atoms with Gasteiger partial charge in [-0.15, -0.1) is 11.3 Å². The number of nitrogen functional groups attached to an aromatic ring is 1. The first-order valence-electron chi connectivity index (χ1n) is 7.91. The van der Waals surface area contributed by atoms with Gasteiger partial charge in [0.1, 0.15) is 10.6 Å². The third-order valence-corrected chi connectivity index (χ3v) is 7.12. The van der Waals surface area contributed by atoms with Crippen molar-refractivity contribution in [2.75, 3.05) is 11.5 Å². The Morgan fingerprint density at radius 1 is 1.23 bits per heavy atom. The highest BCUT2D eigenvalue weighted by atomic mass is 32.2. The number of anilines is 1. The molecule has 5 heteroatoms. The minimum atomic E-state index is 0.451. The Morgan fingerprint density at radius 2 is 1.91 bits per heavy atom. The summed E-state index contributed by atoms with van der Waals surface area (Å²) in [7, 11) is 0. The van der Waals surface area contributed by atoms with Gasteiger partial charge in [0.05, 0.1) is 5.39 Å². The molecule has 0 saturated heterocycles. The van der Waals surface area contributed by atoms with E-state index in [2.05, 4.69) is 39.6 Å². The van der Waals surface area contributed by atoms with Crippen LogP contribution >= 0.6 is 23.1 Å². The van der Waals surface area contributed by atoms with Gasteiger partial charge in [-0.2, -0.15) is 0 Å². The number of nitrogens with zero attached hydrogens (tertiary/aromatic N) is 2. The van der Waals surface area contributed by atoms with E-state index in [-0.39, 0.29) is 0 Å². The maximum Gasteiger partial charge on any atom is 0.190 e. The fourth-order valence-electron chi connectivity index (χ4n) is 3.10. The van der Waals surface area contributed by atoms with Crippen LogP contribution in [0.25, 0.3) is 10.2 Å². The lowest BCUT2D eigenvalue weighted by Gasteiger charge is -2.43. The first-order chi connectivity index (χ1) is 10.3. The van der Waals surface area contributed by atoms with Crippen LogP contribution in [-0.2, 0) is 0 Å². The van der Waals surface area contributed by atoms with Gasteiger partial charge in [-0.1, -0.05) is 32.5 Å². The Bertz CT molecular complexity index is 694. The smallest absolute Gasteiger partial charge is 0.190 e. The quantitative estimate of drug-likeness (QED) is 0.629. The van der Waals surface area contributed by atoms with Gasteiger partial charge in [0, 0.05) is 10.6 Å². The number of aryl methyl sites for hydroxylation is 2. The largest absolute Gasteiger partial charge is 0.383 e. The van der Waals surface area contributed by atoms with Gasteiger partial charge in [-0.05, 0) is 49.5 Å². The van der Waals surface area contributed by atoms with Crippen molar-refractivity contribution in [3.8, 4) is 0 Å². The van der Waals surface area contributed by atoms with Crippen LogP contribution in [0, 0.1) is 31.1 Å². The molecule has 0 spiro atoms. The van der Waals surface area contributed by atoms with E-state index in [0.717, 1.165) is 33.0 Å². The van der Waals surface area contributed by atoms with Crippen LogP contribution in [0.3, 0.4) is 0 Å². The van der Waals surface area contributed by atoms with E-state index in [1.54, 1.807) is 23.1 Å². The van der Waals surface area contributed by atoms with Crippen molar-refractivity contribution in [1.29, 1.82) is 0 Å². The second-order valence-electron chi connectivity index (χ2n) is 7.57. The number of hydrogen-bond acceptors (Lipinski definition) is 5. The van der Waals surface area contributed by atoms with Crippen LogP contribution in [0.4, 0.5) is 5.82 Å². The van der Waals surface area contributed by atoms with Crippen LogP contribution in [0.1, 0.15) is 44.1 Å². The number of hydrogen-bond donors (Lipinski definition) is 1. The zero-order valence-corrected chi connectivity index (χ0v) is 15.7. The van der Waals surface area contributed by atoms with Crippen LogP contribution in [0.15, 0.2) is 5.16 Å². The van der Waals surface area contributed by atoms with E-state index < -0.39 is 0 Å². The van der Waals surface area contributed by atoms with Gasteiger partial charge in [0.2, 0.25) is 0 Å². The minimum Gasteiger partial charge on any atom is -0.383 e. The van der Waals surface area contributed by atoms with Crippen LogP contribution in [-0.4, -0.2) is 15.7 Å². The predicted octanol–water partition coefficient (Wildman–Crippen LogP) is 5.05. The lowest BCUT2D eigenvalue weighted by molar-refractivity contribution is 0.0888. The monoisotopic (exact) mass is 335 g/mol. The fourth-order valence-corrected chi connectivity index (χ4v) is 5.17. The number of aromatic nitrogens is 2. The topological polar surface area (TPSA) is 51.8 Å².